The van der Waals surface area contributed by atoms with Gasteiger partial charge in [0.25, 0.3) is 5.91 Å². The van der Waals surface area contributed by atoms with Crippen molar-refractivity contribution < 1.29 is 27.9 Å². The Kier molecular flexibility index (Phi) is 6.45. The van der Waals surface area contributed by atoms with E-state index in [1.807, 2.05) is 0 Å². The first-order chi connectivity index (χ1) is 16.2. The monoisotopic (exact) mass is 489 g/mol. The highest BCUT2D eigenvalue weighted by molar-refractivity contribution is 7.89. The number of likely N-dealkylation sites (tertiary alicyclic amines) is 1. The number of benzene rings is 1. The number of hydrogen-bond acceptors (Lipinski definition) is 8. The van der Waals surface area contributed by atoms with E-state index in [0.717, 1.165) is 0 Å². The van der Waals surface area contributed by atoms with Crippen molar-refractivity contribution in [2.75, 3.05) is 13.7 Å². The molecule has 14 heteroatoms. The van der Waals surface area contributed by atoms with Crippen LogP contribution in [0.25, 0.3) is 5.69 Å². The number of hydrogen-bond donors (Lipinski definition) is 2. The van der Waals surface area contributed by atoms with Gasteiger partial charge in [-0.15, -0.1) is 5.10 Å². The molecule has 2 N–H and O–H groups in total. The molecule has 1 aliphatic heterocycles. The lowest BCUT2D eigenvalue weighted by molar-refractivity contribution is -0.141. The van der Waals surface area contributed by atoms with Crippen molar-refractivity contribution in [1.82, 2.24) is 34.4 Å². The maximum Gasteiger partial charge on any atom is 0.326 e. The highest BCUT2D eigenvalue weighted by Gasteiger charge is 2.40. The summed E-state index contributed by atoms with van der Waals surface area (Å²) in [5.74, 6) is -1.62. The third-order valence-electron chi connectivity index (χ3n) is 5.49. The lowest BCUT2D eigenvalue weighted by Crippen LogP contribution is -2.40. The van der Waals surface area contributed by atoms with Gasteiger partial charge in [0, 0.05) is 32.7 Å². The minimum Gasteiger partial charge on any atom is -0.480 e. The molecule has 2 atom stereocenters. The smallest absolute Gasteiger partial charge is 0.326 e. The van der Waals surface area contributed by atoms with E-state index in [1.165, 1.54) is 41.0 Å². The van der Waals surface area contributed by atoms with Crippen molar-refractivity contribution >= 4 is 21.9 Å². The van der Waals surface area contributed by atoms with Crippen molar-refractivity contribution in [1.29, 1.82) is 0 Å². The van der Waals surface area contributed by atoms with Gasteiger partial charge in [-0.3, -0.25) is 9.48 Å². The van der Waals surface area contributed by atoms with Gasteiger partial charge >= 0.3 is 5.97 Å². The predicted octanol–water partition coefficient (Wildman–Crippen LogP) is -0.207. The highest BCUT2D eigenvalue weighted by atomic mass is 32.2. The van der Waals surface area contributed by atoms with Gasteiger partial charge in [0.2, 0.25) is 10.0 Å². The number of ether oxygens (including phenoxy) is 1. The quantitative estimate of drug-likeness (QED) is 0.436. The van der Waals surface area contributed by atoms with Gasteiger partial charge in [0.15, 0.2) is 0 Å². The summed E-state index contributed by atoms with van der Waals surface area (Å²) in [4.78, 5) is 25.5. The molecule has 0 aliphatic carbocycles. The van der Waals surface area contributed by atoms with Gasteiger partial charge in [0.05, 0.1) is 41.8 Å². The number of nitrogens with one attached hydrogen (secondary N) is 1. The Morgan fingerprint density at radius 1 is 1.24 bits per heavy atom. The number of methoxy groups -OCH3 is 1. The van der Waals surface area contributed by atoms with Gasteiger partial charge in [0.1, 0.15) is 11.7 Å². The molecule has 2 aromatic heterocycles. The van der Waals surface area contributed by atoms with E-state index in [2.05, 4.69) is 20.1 Å². The fourth-order valence-electron chi connectivity index (χ4n) is 3.65. The Morgan fingerprint density at radius 2 is 1.97 bits per heavy atom. The van der Waals surface area contributed by atoms with E-state index in [-0.39, 0.29) is 36.1 Å². The minimum absolute atomic E-state index is 0.0466. The summed E-state index contributed by atoms with van der Waals surface area (Å²) in [7, 11) is -0.665. The molecule has 1 aliphatic rings. The molecule has 13 nitrogen and oxygen atoms in total. The van der Waals surface area contributed by atoms with Crippen LogP contribution in [0.1, 0.15) is 22.5 Å². The van der Waals surface area contributed by atoms with Gasteiger partial charge < -0.3 is 14.7 Å². The molecule has 34 heavy (non-hydrogen) atoms. The number of aromatic nitrogens is 5. The fourth-order valence-corrected chi connectivity index (χ4v) is 4.65. The molecule has 180 valence electrons. The number of aryl methyl sites for hydroxylation is 1. The molecule has 0 radical (unpaired) electrons. The van der Waals surface area contributed by atoms with E-state index >= 15 is 0 Å². The minimum atomic E-state index is -3.89. The zero-order valence-electron chi connectivity index (χ0n) is 18.4. The second-order valence-electron chi connectivity index (χ2n) is 7.78. The Bertz CT molecular complexity index is 1300. The van der Waals surface area contributed by atoms with Crippen LogP contribution in [-0.4, -0.2) is 80.9 Å². The normalized spacial score (nSPS) is 18.4. The van der Waals surface area contributed by atoms with E-state index in [9.17, 15) is 23.1 Å². The SMILES string of the molecule is CO[C@@H]1C[C@@H](C(=O)O)N(C(=O)c2ccc(S(=O)(=O)NCc3cn(-c4cnn(C)c4)nn3)cc2)C1. The van der Waals surface area contributed by atoms with E-state index < -0.39 is 27.9 Å². The summed E-state index contributed by atoms with van der Waals surface area (Å²) < 4.78 is 36.1. The molecule has 1 aromatic carbocycles. The molecule has 1 saturated heterocycles. The Labute approximate surface area is 195 Å². The summed E-state index contributed by atoms with van der Waals surface area (Å²) in [6, 6.07) is 4.30. The van der Waals surface area contributed by atoms with Crippen LogP contribution < -0.4 is 4.72 Å². The molecule has 0 bridgehead atoms. The number of carbonyl (C=O) groups excluding carboxylic acids is 1. The topological polar surface area (TPSA) is 162 Å². The van der Waals surface area contributed by atoms with Crippen molar-refractivity contribution in [3.05, 3.63) is 54.1 Å². The second kappa shape index (κ2) is 9.32. The molecular formula is C20H23N7O6S. The van der Waals surface area contributed by atoms with Crippen LogP contribution in [-0.2, 0) is 33.1 Å². The zero-order chi connectivity index (χ0) is 24.5. The number of carbonyl (C=O) groups is 2. The zero-order valence-corrected chi connectivity index (χ0v) is 19.2. The lowest BCUT2D eigenvalue weighted by Gasteiger charge is -2.21. The molecule has 3 heterocycles. The van der Waals surface area contributed by atoms with Crippen LogP contribution >= 0.6 is 0 Å². The molecule has 0 saturated carbocycles. The van der Waals surface area contributed by atoms with E-state index in [1.54, 1.807) is 30.3 Å². The molecule has 0 unspecified atom stereocenters. The second-order valence-corrected chi connectivity index (χ2v) is 9.55. The largest absolute Gasteiger partial charge is 0.480 e. The average molecular weight is 490 g/mol. The number of sulfonamides is 1. The predicted molar refractivity (Wildman–Crippen MR) is 116 cm³/mol. The number of carboxylic acids is 1. The molecule has 0 spiro atoms. The van der Waals surface area contributed by atoms with Crippen molar-refractivity contribution in [2.24, 2.45) is 7.05 Å². The van der Waals surface area contributed by atoms with Crippen LogP contribution in [0.5, 0.6) is 0 Å². The fraction of sp³-hybridized carbons (Fsp3) is 0.350. The third kappa shape index (κ3) is 4.83. The maximum absolute atomic E-state index is 12.8. The highest BCUT2D eigenvalue weighted by Crippen LogP contribution is 2.23. The molecule has 1 amide bonds. The number of aliphatic carboxylic acids is 1. The Hall–Kier alpha value is -3.62. The lowest BCUT2D eigenvalue weighted by atomic mass is 10.1. The Morgan fingerprint density at radius 3 is 2.59 bits per heavy atom. The van der Waals surface area contributed by atoms with E-state index in [4.69, 9.17) is 4.74 Å². The molecule has 4 rings (SSSR count). The van der Waals surface area contributed by atoms with Crippen LogP contribution in [0.4, 0.5) is 0 Å². The van der Waals surface area contributed by atoms with Crippen LogP contribution in [0.15, 0.2) is 47.8 Å². The van der Waals surface area contributed by atoms with Crippen molar-refractivity contribution in [3.8, 4) is 5.69 Å². The summed E-state index contributed by atoms with van der Waals surface area (Å²) >= 11 is 0. The van der Waals surface area contributed by atoms with Gasteiger partial charge in [-0.05, 0) is 24.3 Å². The summed E-state index contributed by atoms with van der Waals surface area (Å²) in [5.41, 5.74) is 1.27. The maximum atomic E-state index is 12.8. The molecule has 3 aromatic rings. The van der Waals surface area contributed by atoms with Gasteiger partial charge in [-0.1, -0.05) is 5.21 Å². The molecule has 1 fully saturated rings. The van der Waals surface area contributed by atoms with Gasteiger partial charge in [-0.2, -0.15) is 5.10 Å². The summed E-state index contributed by atoms with van der Waals surface area (Å²) in [6.45, 7) is 0.0589. The van der Waals surface area contributed by atoms with Crippen molar-refractivity contribution in [3.63, 3.8) is 0 Å². The third-order valence-corrected chi connectivity index (χ3v) is 6.91. The summed E-state index contributed by atoms with van der Waals surface area (Å²) in [5, 5.41) is 21.4. The van der Waals surface area contributed by atoms with Gasteiger partial charge in [-0.25, -0.2) is 22.6 Å². The van der Waals surface area contributed by atoms with Crippen LogP contribution in [0.2, 0.25) is 0 Å². The standard InChI is InChI=1S/C20H23N7O6S/c1-25-11-15(9-21-25)27-10-14(23-24-27)8-22-34(31,32)17-5-3-13(4-6-17)19(28)26-12-16(33-2)7-18(26)20(29)30/h3-6,9-11,16,18,22H,7-8,12H2,1-2H3,(H,29,30)/t16-,18+/m1/s1. The van der Waals surface area contributed by atoms with Crippen molar-refractivity contribution in [2.45, 2.75) is 30.0 Å². The first-order valence-electron chi connectivity index (χ1n) is 10.2. The first kappa shape index (κ1) is 23.5. The van der Waals surface area contributed by atoms with Crippen LogP contribution in [0.3, 0.4) is 0 Å². The number of rotatable bonds is 8. The number of carboxylic acid groups (broad SMARTS) is 1. The number of nitrogens with zero attached hydrogens (tertiary/aromatic N) is 6. The van der Waals surface area contributed by atoms with Crippen LogP contribution in [0, 0.1) is 0 Å². The number of amides is 1. The summed E-state index contributed by atoms with van der Waals surface area (Å²) in [6.07, 6.45) is 4.75. The average Bonchev–Trinajstić information content (AvgIpc) is 3.56. The molecular weight excluding hydrogens is 466 g/mol. The Balaban J connectivity index is 1.42. The first-order valence-corrected chi connectivity index (χ1v) is 11.7. The van der Waals surface area contributed by atoms with E-state index in [0.29, 0.717) is 11.4 Å².